The monoisotopic (exact) mass is 644 g/mol. The highest BCUT2D eigenvalue weighted by atomic mass is 35.5. The lowest BCUT2D eigenvalue weighted by Gasteiger charge is -2.26. The lowest BCUT2D eigenvalue weighted by Crippen LogP contribution is -2.25. The highest BCUT2D eigenvalue weighted by molar-refractivity contribution is 8.12. The quantitative estimate of drug-likeness (QED) is 0.212. The van der Waals surface area contributed by atoms with Gasteiger partial charge in [0.2, 0.25) is 0 Å². The minimum absolute atomic E-state index is 0.0149. The van der Waals surface area contributed by atoms with Crippen molar-refractivity contribution in [3.05, 3.63) is 72.3 Å². The van der Waals surface area contributed by atoms with E-state index in [1.165, 1.54) is 64.8 Å². The molecule has 0 amide bonds. The molecular weight excluding hydrogens is 628 g/mol. The molecule has 0 aromatic heterocycles. The predicted octanol–water partition coefficient (Wildman–Crippen LogP) is 6.60. The Balaban J connectivity index is 2.39. The molecule has 3 aromatic rings. The molecular formula is C24H18Cl3F3O7S2. The fourth-order valence-electron chi connectivity index (χ4n) is 3.95. The zero-order chi connectivity index (χ0) is 28.9. The van der Waals surface area contributed by atoms with Crippen molar-refractivity contribution >= 4 is 61.3 Å². The van der Waals surface area contributed by atoms with Crippen LogP contribution in [-0.2, 0) is 13.7 Å². The van der Waals surface area contributed by atoms with Crippen molar-refractivity contribution < 1.29 is 44.2 Å². The van der Waals surface area contributed by atoms with Crippen molar-refractivity contribution in [2.45, 2.75) is 10.4 Å². The van der Waals surface area contributed by atoms with Gasteiger partial charge in [0.05, 0.1) is 38.5 Å². The number of methoxy groups -OCH3 is 4. The van der Waals surface area contributed by atoms with E-state index >= 15 is 0 Å². The summed E-state index contributed by atoms with van der Waals surface area (Å²) in [4.78, 5) is -0.0149. The summed E-state index contributed by atoms with van der Waals surface area (Å²) in [5.41, 5.74) is -5.05. The number of ether oxygens (including phenoxy) is 4. The Kier molecular flexibility index (Phi) is 8.28. The molecule has 210 valence electrons. The Morgan fingerprint density at radius 3 is 1.79 bits per heavy atom. The van der Waals surface area contributed by atoms with Crippen LogP contribution in [-0.4, -0.2) is 42.4 Å². The van der Waals surface area contributed by atoms with Crippen LogP contribution in [0.5, 0.6) is 23.0 Å². The summed E-state index contributed by atoms with van der Waals surface area (Å²) in [7, 11) is -3.03. The van der Waals surface area contributed by atoms with E-state index < -0.39 is 26.4 Å². The van der Waals surface area contributed by atoms with Crippen LogP contribution in [0.25, 0.3) is 5.57 Å². The Morgan fingerprint density at radius 2 is 1.28 bits per heavy atom. The van der Waals surface area contributed by atoms with Crippen LogP contribution in [0.1, 0.15) is 11.1 Å². The van der Waals surface area contributed by atoms with Gasteiger partial charge in [-0.1, -0.05) is 34.8 Å². The molecule has 3 aromatic carbocycles. The fourth-order valence-corrected chi connectivity index (χ4v) is 8.03. The molecule has 0 aliphatic carbocycles. The largest absolute Gasteiger partial charge is 0.524 e. The third-order valence-corrected chi connectivity index (χ3v) is 9.67. The SMILES string of the molecule is COc1cc(OC)c2c(c1)S(OS(=O)(=O)C(F)(F)F)=c1cc(OC)cc(OC)c1=C2c1c(Cl)cc(Cl)cc1Cl. The predicted molar refractivity (Wildman–Crippen MR) is 143 cm³/mol. The molecule has 39 heavy (non-hydrogen) atoms. The van der Waals surface area contributed by atoms with Gasteiger partial charge in [-0.05, 0) is 24.3 Å². The maximum absolute atomic E-state index is 13.5. The van der Waals surface area contributed by atoms with Crippen LogP contribution in [0.15, 0.2) is 41.3 Å². The first-order chi connectivity index (χ1) is 18.3. The maximum Gasteiger partial charge on any atom is 0.524 e. The normalized spacial score (nSPS) is 14.9. The molecule has 0 saturated carbocycles. The molecule has 1 aliphatic heterocycles. The Labute approximate surface area is 238 Å². The Morgan fingerprint density at radius 1 is 0.744 bits per heavy atom. The van der Waals surface area contributed by atoms with Gasteiger partial charge in [-0.2, -0.15) is 25.2 Å². The lowest BCUT2D eigenvalue weighted by atomic mass is 9.93. The van der Waals surface area contributed by atoms with Crippen molar-refractivity contribution in [3.8, 4) is 23.0 Å². The standard InChI is InChI=1S/C24H18Cl3F3O7S2/c1-33-12-7-16(35-3)21-18(9-12)38(37-39(31,32)24(28,29)30)19-10-13(34-2)8-17(36-4)22(19)23(21)20-14(26)5-11(25)6-15(20)27/h5-10H,1-4H3. The molecule has 0 spiro atoms. The number of alkyl halides is 3. The minimum atomic E-state index is -6.09. The highest BCUT2D eigenvalue weighted by Crippen LogP contribution is 2.51. The van der Waals surface area contributed by atoms with Crippen LogP contribution in [0.2, 0.25) is 15.1 Å². The van der Waals surface area contributed by atoms with Crippen LogP contribution in [0.4, 0.5) is 13.2 Å². The summed E-state index contributed by atoms with van der Waals surface area (Å²) in [5, 5.41) is 0.580. The lowest BCUT2D eigenvalue weighted by molar-refractivity contribution is -0.0494. The summed E-state index contributed by atoms with van der Waals surface area (Å²) < 4.78 is 92.0. The van der Waals surface area contributed by atoms with Crippen molar-refractivity contribution in [1.29, 1.82) is 0 Å². The van der Waals surface area contributed by atoms with Crippen LogP contribution >= 0.6 is 45.6 Å². The molecule has 4 rings (SSSR count). The average molecular weight is 646 g/mol. The summed E-state index contributed by atoms with van der Waals surface area (Å²) in [5.74, 6) is 0.523. The Bertz CT molecular complexity index is 1700. The first-order valence-corrected chi connectivity index (χ1v) is 14.3. The van der Waals surface area contributed by atoms with Crippen molar-refractivity contribution in [3.63, 3.8) is 0 Å². The number of benzene rings is 3. The van der Waals surface area contributed by atoms with E-state index in [4.69, 9.17) is 57.4 Å². The van der Waals surface area contributed by atoms with Crippen LogP contribution < -0.4 is 24.2 Å². The smallest absolute Gasteiger partial charge is 0.497 e. The first-order valence-electron chi connectivity index (χ1n) is 10.6. The van der Waals surface area contributed by atoms with Gasteiger partial charge < -0.3 is 18.9 Å². The molecule has 1 aliphatic rings. The molecule has 15 heteroatoms. The van der Waals surface area contributed by atoms with E-state index in [0.717, 1.165) is 0 Å². The number of halogens is 6. The molecule has 7 nitrogen and oxygen atoms in total. The third-order valence-electron chi connectivity index (χ3n) is 5.59. The van der Waals surface area contributed by atoms with E-state index in [1.807, 2.05) is 0 Å². The maximum atomic E-state index is 13.5. The van der Waals surface area contributed by atoms with Gasteiger partial charge in [0, 0.05) is 59.2 Å². The number of hydrogen-bond acceptors (Lipinski definition) is 7. The topological polar surface area (TPSA) is 80.3 Å². The van der Waals surface area contributed by atoms with Crippen molar-refractivity contribution in [2.24, 2.45) is 0 Å². The van der Waals surface area contributed by atoms with Crippen LogP contribution in [0, 0.1) is 4.51 Å². The van der Waals surface area contributed by atoms with Gasteiger partial charge in [-0.3, -0.25) is 0 Å². The van der Waals surface area contributed by atoms with Gasteiger partial charge in [0.15, 0.2) is 0 Å². The Hall–Kier alpha value is -2.35. The first kappa shape index (κ1) is 29.6. The molecule has 1 unspecified atom stereocenters. The van der Waals surface area contributed by atoms with Gasteiger partial charge in [-0.15, -0.1) is 0 Å². The molecule has 1 heterocycles. The van der Waals surface area contributed by atoms with Crippen molar-refractivity contribution in [2.75, 3.05) is 28.4 Å². The summed E-state index contributed by atoms with van der Waals surface area (Å²) in [6.07, 6.45) is 0. The minimum Gasteiger partial charge on any atom is -0.497 e. The van der Waals surface area contributed by atoms with Gasteiger partial charge >= 0.3 is 15.6 Å². The van der Waals surface area contributed by atoms with E-state index in [-0.39, 0.29) is 69.4 Å². The summed E-state index contributed by atoms with van der Waals surface area (Å²) >= 11 is 19.4. The summed E-state index contributed by atoms with van der Waals surface area (Å²) in [6, 6.07) is 8.50. The fraction of sp³-hybridized carbons (Fsp3) is 0.208. The van der Waals surface area contributed by atoms with E-state index in [1.54, 1.807) is 0 Å². The third kappa shape index (κ3) is 5.25. The van der Waals surface area contributed by atoms with Gasteiger partial charge in [-0.25, -0.2) is 0 Å². The molecule has 0 N–H and O–H groups in total. The number of hydrogen-bond donors (Lipinski definition) is 0. The summed E-state index contributed by atoms with van der Waals surface area (Å²) in [6.45, 7) is 0. The molecule has 0 saturated heterocycles. The zero-order valence-corrected chi connectivity index (χ0v) is 24.3. The molecule has 0 radical (unpaired) electrons. The van der Waals surface area contributed by atoms with E-state index in [2.05, 4.69) is 0 Å². The number of rotatable bonds is 7. The molecule has 1 atom stereocenters. The molecule has 0 bridgehead atoms. The highest BCUT2D eigenvalue weighted by Gasteiger charge is 2.49. The number of fused-ring (bicyclic) bond motifs is 2. The molecule has 0 fully saturated rings. The van der Waals surface area contributed by atoms with Crippen LogP contribution in [0.3, 0.4) is 0 Å². The second kappa shape index (κ2) is 10.9. The second-order valence-electron chi connectivity index (χ2n) is 7.76. The van der Waals surface area contributed by atoms with Gasteiger partial charge in [0.25, 0.3) is 0 Å². The zero-order valence-electron chi connectivity index (χ0n) is 20.4. The van der Waals surface area contributed by atoms with Crippen molar-refractivity contribution in [1.82, 2.24) is 0 Å². The second-order valence-corrected chi connectivity index (χ2v) is 12.3. The van der Waals surface area contributed by atoms with E-state index in [9.17, 15) is 21.6 Å². The van der Waals surface area contributed by atoms with Gasteiger partial charge in [0.1, 0.15) is 23.0 Å². The average Bonchev–Trinajstić information content (AvgIpc) is 2.87. The van der Waals surface area contributed by atoms with E-state index in [0.29, 0.717) is 0 Å².